The number of hydrogen-bond donors (Lipinski definition) is 1. The van der Waals surface area contributed by atoms with Gasteiger partial charge in [-0.15, -0.1) is 0 Å². The molecule has 1 aliphatic heterocycles. The third kappa shape index (κ3) is 5.00. The van der Waals surface area contributed by atoms with Crippen LogP contribution in [0.1, 0.15) is 38.7 Å². The van der Waals surface area contributed by atoms with E-state index >= 15 is 0 Å². The highest BCUT2D eigenvalue weighted by atomic mass is 32.2. The molecule has 3 aromatic rings. The molecule has 0 aromatic heterocycles. The first-order valence-electron chi connectivity index (χ1n) is 11.0. The Bertz CT molecular complexity index is 1240. The van der Waals surface area contributed by atoms with Crippen molar-refractivity contribution in [3.63, 3.8) is 0 Å². The molecule has 0 spiro atoms. The molecule has 33 heavy (non-hydrogen) atoms. The van der Waals surface area contributed by atoms with Gasteiger partial charge in [0.05, 0.1) is 24.2 Å². The van der Waals surface area contributed by atoms with Gasteiger partial charge in [0.15, 0.2) is 0 Å². The van der Waals surface area contributed by atoms with E-state index in [1.165, 1.54) is 10.4 Å². The zero-order valence-electron chi connectivity index (χ0n) is 18.8. The quantitative estimate of drug-likeness (QED) is 0.601. The number of nitrogens with one attached hydrogen (secondary N) is 1. The molecular weight excluding hydrogens is 436 g/mol. The number of morpholine rings is 1. The van der Waals surface area contributed by atoms with Gasteiger partial charge in [-0.2, -0.15) is 4.31 Å². The van der Waals surface area contributed by atoms with Crippen molar-refractivity contribution >= 4 is 15.9 Å². The number of aryl methyl sites for hydroxylation is 2. The molecule has 1 N–H and O–H groups in total. The van der Waals surface area contributed by atoms with Crippen molar-refractivity contribution in [3.8, 4) is 0 Å². The molecule has 1 heterocycles. The Balaban J connectivity index is 1.67. The number of amides is 1. The molecule has 0 unspecified atom stereocenters. The van der Waals surface area contributed by atoms with Crippen molar-refractivity contribution in [1.29, 1.82) is 0 Å². The lowest BCUT2D eigenvalue weighted by atomic mass is 9.94. The minimum atomic E-state index is -3.71. The van der Waals surface area contributed by atoms with Gasteiger partial charge in [-0.1, -0.05) is 60.7 Å². The van der Waals surface area contributed by atoms with E-state index in [0.717, 1.165) is 16.7 Å². The number of hydrogen-bond acceptors (Lipinski definition) is 4. The van der Waals surface area contributed by atoms with Crippen LogP contribution in [0.4, 0.5) is 0 Å². The van der Waals surface area contributed by atoms with Crippen molar-refractivity contribution < 1.29 is 17.9 Å². The first-order chi connectivity index (χ1) is 15.9. The predicted molar refractivity (Wildman–Crippen MR) is 128 cm³/mol. The fraction of sp³-hybridized carbons (Fsp3) is 0.269. The van der Waals surface area contributed by atoms with E-state index in [-0.39, 0.29) is 16.8 Å². The van der Waals surface area contributed by atoms with Crippen LogP contribution in [0.3, 0.4) is 0 Å². The Labute approximate surface area is 195 Å². The number of nitrogens with zero attached hydrogens (tertiary/aromatic N) is 1. The molecule has 1 saturated heterocycles. The lowest BCUT2D eigenvalue weighted by Gasteiger charge is -2.27. The molecule has 4 rings (SSSR count). The number of rotatable bonds is 6. The van der Waals surface area contributed by atoms with Crippen LogP contribution in [0.15, 0.2) is 77.7 Å². The molecule has 0 aliphatic carbocycles. The predicted octanol–water partition coefficient (Wildman–Crippen LogP) is 3.84. The molecular formula is C26H28N2O4S. The van der Waals surface area contributed by atoms with E-state index in [0.29, 0.717) is 37.4 Å². The summed E-state index contributed by atoms with van der Waals surface area (Å²) >= 11 is 0. The van der Waals surface area contributed by atoms with Gasteiger partial charge in [0, 0.05) is 18.7 Å². The number of ether oxygens (including phenoxy) is 1. The lowest BCUT2D eigenvalue weighted by molar-refractivity contribution is 0.0730. The van der Waals surface area contributed by atoms with Gasteiger partial charge < -0.3 is 10.1 Å². The Kier molecular flexibility index (Phi) is 6.93. The summed E-state index contributed by atoms with van der Waals surface area (Å²) in [5.74, 6) is -0.328. The zero-order chi connectivity index (χ0) is 23.4. The maximum Gasteiger partial charge on any atom is 0.252 e. The van der Waals surface area contributed by atoms with Gasteiger partial charge in [0.25, 0.3) is 5.91 Å². The minimum absolute atomic E-state index is 0.157. The molecule has 1 atom stereocenters. The van der Waals surface area contributed by atoms with Crippen LogP contribution in [0.5, 0.6) is 0 Å². The van der Waals surface area contributed by atoms with Crippen molar-refractivity contribution in [1.82, 2.24) is 9.62 Å². The first kappa shape index (κ1) is 23.2. The van der Waals surface area contributed by atoms with Crippen LogP contribution < -0.4 is 5.32 Å². The maximum atomic E-state index is 13.3. The van der Waals surface area contributed by atoms with Gasteiger partial charge in [-0.05, 0) is 48.2 Å². The lowest BCUT2D eigenvalue weighted by Crippen LogP contribution is -2.41. The Morgan fingerprint density at radius 3 is 2.27 bits per heavy atom. The summed E-state index contributed by atoms with van der Waals surface area (Å²) in [6.45, 7) is 5.11. The summed E-state index contributed by atoms with van der Waals surface area (Å²) in [5.41, 5.74) is 3.92. The smallest absolute Gasteiger partial charge is 0.252 e. The van der Waals surface area contributed by atoms with E-state index in [1.807, 2.05) is 61.5 Å². The van der Waals surface area contributed by atoms with Crippen LogP contribution in [-0.4, -0.2) is 44.9 Å². The molecule has 3 aromatic carbocycles. The highest BCUT2D eigenvalue weighted by molar-refractivity contribution is 7.89. The first-order valence-corrected chi connectivity index (χ1v) is 12.4. The molecule has 1 aliphatic rings. The molecule has 6 nitrogen and oxygen atoms in total. The van der Waals surface area contributed by atoms with Gasteiger partial charge in [-0.3, -0.25) is 4.79 Å². The van der Waals surface area contributed by atoms with Crippen LogP contribution in [0, 0.1) is 13.8 Å². The van der Waals surface area contributed by atoms with Gasteiger partial charge in [0.1, 0.15) is 0 Å². The summed E-state index contributed by atoms with van der Waals surface area (Å²) in [6, 6.07) is 22.1. The Hall–Kier alpha value is -3.00. The highest BCUT2D eigenvalue weighted by Gasteiger charge is 2.29. The molecule has 0 saturated carbocycles. The number of benzene rings is 3. The van der Waals surface area contributed by atoms with Crippen molar-refractivity contribution in [3.05, 3.63) is 101 Å². The standard InChI is InChI=1S/C26H28N2O4S/c1-19-8-6-7-11-23(19)25(21-9-4-3-5-10-21)27-26(29)22-13-12-20(2)24(18-22)33(30,31)28-14-16-32-17-15-28/h3-13,18,25H,14-17H2,1-2H3,(H,27,29)/t25-/m0/s1. The van der Waals surface area contributed by atoms with Crippen LogP contribution in [-0.2, 0) is 14.8 Å². The summed E-state index contributed by atoms with van der Waals surface area (Å²) < 4.78 is 33.2. The molecule has 1 amide bonds. The summed E-state index contributed by atoms with van der Waals surface area (Å²) in [4.78, 5) is 13.5. The normalized spacial score (nSPS) is 15.7. The number of sulfonamides is 1. The molecule has 1 fully saturated rings. The average molecular weight is 465 g/mol. The molecule has 7 heteroatoms. The molecule has 0 radical (unpaired) electrons. The Morgan fingerprint density at radius 1 is 0.909 bits per heavy atom. The summed E-state index contributed by atoms with van der Waals surface area (Å²) in [7, 11) is -3.71. The monoisotopic (exact) mass is 464 g/mol. The van der Waals surface area contributed by atoms with E-state index in [2.05, 4.69) is 5.32 Å². The van der Waals surface area contributed by atoms with Crippen molar-refractivity contribution in [2.45, 2.75) is 24.8 Å². The van der Waals surface area contributed by atoms with Crippen LogP contribution in [0.2, 0.25) is 0 Å². The van der Waals surface area contributed by atoms with E-state index in [9.17, 15) is 13.2 Å². The average Bonchev–Trinajstić information content (AvgIpc) is 2.84. The second kappa shape index (κ2) is 9.87. The molecule has 172 valence electrons. The molecule has 0 bridgehead atoms. The minimum Gasteiger partial charge on any atom is -0.379 e. The fourth-order valence-electron chi connectivity index (χ4n) is 4.06. The largest absolute Gasteiger partial charge is 0.379 e. The summed E-state index contributed by atoms with van der Waals surface area (Å²) in [6.07, 6.45) is 0. The second-order valence-electron chi connectivity index (χ2n) is 8.17. The third-order valence-corrected chi connectivity index (χ3v) is 7.99. The Morgan fingerprint density at radius 2 is 1.58 bits per heavy atom. The number of carbonyl (C=O) groups excluding carboxylic acids is 1. The van der Waals surface area contributed by atoms with Crippen LogP contribution in [0.25, 0.3) is 0 Å². The van der Waals surface area contributed by atoms with E-state index in [1.54, 1.807) is 19.1 Å². The van der Waals surface area contributed by atoms with Gasteiger partial charge in [0.2, 0.25) is 10.0 Å². The zero-order valence-corrected chi connectivity index (χ0v) is 19.6. The van der Waals surface area contributed by atoms with E-state index in [4.69, 9.17) is 4.74 Å². The third-order valence-electron chi connectivity index (χ3n) is 5.95. The van der Waals surface area contributed by atoms with Gasteiger partial charge in [-0.25, -0.2) is 8.42 Å². The fourth-order valence-corrected chi connectivity index (χ4v) is 5.72. The number of carbonyl (C=O) groups is 1. The van der Waals surface area contributed by atoms with Crippen LogP contribution >= 0.6 is 0 Å². The summed E-state index contributed by atoms with van der Waals surface area (Å²) in [5, 5.41) is 3.12. The highest BCUT2D eigenvalue weighted by Crippen LogP contribution is 2.27. The maximum absolute atomic E-state index is 13.3. The SMILES string of the molecule is Cc1ccccc1[C@@H](NC(=O)c1ccc(C)c(S(=O)(=O)N2CCOCC2)c1)c1ccccc1. The van der Waals surface area contributed by atoms with Crippen molar-refractivity contribution in [2.75, 3.05) is 26.3 Å². The van der Waals surface area contributed by atoms with Gasteiger partial charge >= 0.3 is 0 Å². The second-order valence-corrected chi connectivity index (χ2v) is 10.1. The van der Waals surface area contributed by atoms with Crippen molar-refractivity contribution in [2.24, 2.45) is 0 Å². The topological polar surface area (TPSA) is 75.7 Å². The van der Waals surface area contributed by atoms with E-state index < -0.39 is 10.0 Å².